The molecule has 0 atom stereocenters. The number of carbonyl (C=O) groups excluding carboxylic acids is 1. The zero-order valence-electron chi connectivity index (χ0n) is 16.2. The van der Waals surface area contributed by atoms with Crippen LogP contribution in [-0.4, -0.2) is 37.1 Å². The van der Waals surface area contributed by atoms with E-state index in [0.717, 1.165) is 31.6 Å². The Labute approximate surface area is 168 Å². The summed E-state index contributed by atoms with van der Waals surface area (Å²) in [6.45, 7) is 4.80. The first-order valence-electron chi connectivity index (χ1n) is 9.75. The second kappa shape index (κ2) is 7.98. The topological polar surface area (TPSA) is 93.9 Å². The van der Waals surface area contributed by atoms with E-state index in [4.69, 9.17) is 9.47 Å². The van der Waals surface area contributed by atoms with E-state index >= 15 is 0 Å². The van der Waals surface area contributed by atoms with Crippen molar-refractivity contribution in [3.05, 3.63) is 52.1 Å². The summed E-state index contributed by atoms with van der Waals surface area (Å²) in [4.78, 5) is 26.0. The highest BCUT2D eigenvalue weighted by molar-refractivity contribution is 6.08. The van der Waals surface area contributed by atoms with E-state index in [1.165, 1.54) is 12.1 Å². The largest absolute Gasteiger partial charge is 0.486 e. The molecule has 2 aromatic rings. The van der Waals surface area contributed by atoms with E-state index in [1.54, 1.807) is 24.3 Å². The molecule has 1 fully saturated rings. The van der Waals surface area contributed by atoms with Crippen LogP contribution in [0.4, 0.5) is 17.1 Å². The molecule has 2 aromatic carbocycles. The number of hydrogen-bond donors (Lipinski definition) is 1. The molecule has 2 aliphatic rings. The van der Waals surface area contributed by atoms with Gasteiger partial charge in [-0.1, -0.05) is 6.92 Å². The number of hydrogen-bond acceptors (Lipinski definition) is 6. The molecule has 1 amide bonds. The Kier molecular flexibility index (Phi) is 5.24. The van der Waals surface area contributed by atoms with Gasteiger partial charge in [-0.2, -0.15) is 0 Å². The van der Waals surface area contributed by atoms with Gasteiger partial charge in [-0.15, -0.1) is 0 Å². The number of benzene rings is 2. The first-order chi connectivity index (χ1) is 14.0. The van der Waals surface area contributed by atoms with Gasteiger partial charge < -0.3 is 19.7 Å². The average molecular weight is 397 g/mol. The van der Waals surface area contributed by atoms with Gasteiger partial charge in [0.25, 0.3) is 11.6 Å². The molecule has 0 spiro atoms. The van der Waals surface area contributed by atoms with E-state index in [-0.39, 0.29) is 11.6 Å². The van der Waals surface area contributed by atoms with Crippen LogP contribution < -0.4 is 19.7 Å². The highest BCUT2D eigenvalue weighted by Gasteiger charge is 2.24. The number of rotatable bonds is 4. The molecular weight excluding hydrogens is 374 g/mol. The lowest BCUT2D eigenvalue weighted by Crippen LogP contribution is -2.34. The van der Waals surface area contributed by atoms with Crippen molar-refractivity contribution in [2.45, 2.75) is 19.8 Å². The Morgan fingerprint density at radius 3 is 2.55 bits per heavy atom. The molecule has 0 aromatic heterocycles. The lowest BCUT2D eigenvalue weighted by molar-refractivity contribution is -0.384. The van der Waals surface area contributed by atoms with Crippen LogP contribution in [0.1, 0.15) is 30.1 Å². The summed E-state index contributed by atoms with van der Waals surface area (Å²) in [5, 5.41) is 14.1. The highest BCUT2D eigenvalue weighted by Crippen LogP contribution is 2.34. The van der Waals surface area contributed by atoms with Crippen LogP contribution in [0.2, 0.25) is 0 Å². The number of anilines is 2. The Morgan fingerprint density at radius 2 is 1.83 bits per heavy atom. The Morgan fingerprint density at radius 1 is 1.10 bits per heavy atom. The van der Waals surface area contributed by atoms with E-state index in [1.807, 2.05) is 0 Å². The SMILES string of the molecule is CC1CCN(c2ccc([N+](=O)[O-])cc2C(=O)Nc2ccc3c(c2)OCCO3)CC1. The Hall–Kier alpha value is -3.29. The quantitative estimate of drug-likeness (QED) is 0.622. The number of carbonyl (C=O) groups is 1. The fraction of sp³-hybridized carbons (Fsp3) is 0.381. The number of amides is 1. The summed E-state index contributed by atoms with van der Waals surface area (Å²) >= 11 is 0. The van der Waals surface area contributed by atoms with E-state index in [0.29, 0.717) is 41.9 Å². The third-order valence-electron chi connectivity index (χ3n) is 5.36. The third-order valence-corrected chi connectivity index (χ3v) is 5.36. The molecule has 0 radical (unpaired) electrons. The monoisotopic (exact) mass is 397 g/mol. The zero-order chi connectivity index (χ0) is 20.4. The maximum absolute atomic E-state index is 13.1. The number of nitro benzene ring substituents is 1. The van der Waals surface area contributed by atoms with Gasteiger partial charge in [0.2, 0.25) is 0 Å². The van der Waals surface area contributed by atoms with Crippen molar-refractivity contribution in [3.8, 4) is 11.5 Å². The molecule has 1 saturated heterocycles. The average Bonchev–Trinajstić information content (AvgIpc) is 2.73. The summed E-state index contributed by atoms with van der Waals surface area (Å²) in [5.74, 6) is 1.45. The van der Waals surface area contributed by atoms with Gasteiger partial charge >= 0.3 is 0 Å². The van der Waals surface area contributed by atoms with Crippen molar-refractivity contribution >= 4 is 23.0 Å². The van der Waals surface area contributed by atoms with Crippen molar-refractivity contribution in [1.29, 1.82) is 0 Å². The molecule has 152 valence electrons. The maximum Gasteiger partial charge on any atom is 0.270 e. The van der Waals surface area contributed by atoms with Crippen molar-refractivity contribution in [2.24, 2.45) is 5.92 Å². The summed E-state index contributed by atoms with van der Waals surface area (Å²) in [7, 11) is 0. The van der Waals surface area contributed by atoms with Gasteiger partial charge in [-0.05, 0) is 37.0 Å². The minimum atomic E-state index is -0.483. The first kappa shape index (κ1) is 19.0. The van der Waals surface area contributed by atoms with Crippen molar-refractivity contribution < 1.29 is 19.2 Å². The fourth-order valence-corrected chi connectivity index (χ4v) is 3.66. The van der Waals surface area contributed by atoms with Crippen LogP contribution in [0.25, 0.3) is 0 Å². The predicted octanol–water partition coefficient (Wildman–Crippen LogP) is 3.85. The number of nitrogens with zero attached hydrogens (tertiary/aromatic N) is 2. The van der Waals surface area contributed by atoms with Crippen molar-refractivity contribution in [3.63, 3.8) is 0 Å². The molecule has 0 aliphatic carbocycles. The second-order valence-corrected chi connectivity index (χ2v) is 7.44. The van der Waals surface area contributed by atoms with E-state index < -0.39 is 4.92 Å². The molecule has 8 heteroatoms. The van der Waals surface area contributed by atoms with Gasteiger partial charge in [-0.25, -0.2) is 0 Å². The lowest BCUT2D eigenvalue weighted by atomic mass is 9.98. The number of nitrogens with one attached hydrogen (secondary N) is 1. The molecule has 2 aliphatic heterocycles. The standard InChI is InChI=1S/C21H23N3O5/c1-14-6-8-23(9-7-14)18-4-3-16(24(26)27)13-17(18)21(25)22-15-2-5-19-20(12-15)29-11-10-28-19/h2-5,12-14H,6-11H2,1H3,(H,22,25). The van der Waals surface area contributed by atoms with Crippen molar-refractivity contribution in [2.75, 3.05) is 36.5 Å². The Balaban J connectivity index is 1.62. The highest BCUT2D eigenvalue weighted by atomic mass is 16.6. The van der Waals surface area contributed by atoms with Gasteiger partial charge in [0.1, 0.15) is 13.2 Å². The third kappa shape index (κ3) is 4.11. The number of nitro groups is 1. The van der Waals surface area contributed by atoms with Crippen LogP contribution in [0, 0.1) is 16.0 Å². The van der Waals surface area contributed by atoms with E-state index in [9.17, 15) is 14.9 Å². The molecule has 2 heterocycles. The molecular formula is C21H23N3O5. The minimum Gasteiger partial charge on any atom is -0.486 e. The molecule has 8 nitrogen and oxygen atoms in total. The number of ether oxygens (including phenoxy) is 2. The fourth-order valence-electron chi connectivity index (χ4n) is 3.66. The lowest BCUT2D eigenvalue weighted by Gasteiger charge is -2.33. The normalized spacial score (nSPS) is 16.4. The maximum atomic E-state index is 13.1. The summed E-state index contributed by atoms with van der Waals surface area (Å²) in [6.07, 6.45) is 2.06. The van der Waals surface area contributed by atoms with Crippen LogP contribution >= 0.6 is 0 Å². The van der Waals surface area contributed by atoms with Gasteiger partial charge in [0, 0.05) is 37.0 Å². The molecule has 1 N–H and O–H groups in total. The summed E-state index contributed by atoms with van der Waals surface area (Å²) in [6, 6.07) is 9.64. The smallest absolute Gasteiger partial charge is 0.270 e. The van der Waals surface area contributed by atoms with Gasteiger partial charge in [0.15, 0.2) is 11.5 Å². The summed E-state index contributed by atoms with van der Waals surface area (Å²) < 4.78 is 11.1. The van der Waals surface area contributed by atoms with E-state index in [2.05, 4.69) is 17.1 Å². The molecule has 4 rings (SSSR count). The van der Waals surface area contributed by atoms with Crippen LogP contribution in [0.3, 0.4) is 0 Å². The number of non-ortho nitro benzene ring substituents is 1. The summed E-state index contributed by atoms with van der Waals surface area (Å²) in [5.41, 5.74) is 1.46. The minimum absolute atomic E-state index is 0.105. The van der Waals surface area contributed by atoms with Crippen LogP contribution in [0.15, 0.2) is 36.4 Å². The predicted molar refractivity (Wildman–Crippen MR) is 109 cm³/mol. The second-order valence-electron chi connectivity index (χ2n) is 7.44. The van der Waals surface area contributed by atoms with Crippen LogP contribution in [0.5, 0.6) is 11.5 Å². The Bertz CT molecular complexity index is 938. The number of piperidine rings is 1. The first-order valence-corrected chi connectivity index (χ1v) is 9.75. The van der Waals surface area contributed by atoms with Gasteiger partial charge in [0.05, 0.1) is 16.2 Å². The van der Waals surface area contributed by atoms with Gasteiger partial charge in [-0.3, -0.25) is 14.9 Å². The van der Waals surface area contributed by atoms with Crippen LogP contribution in [-0.2, 0) is 0 Å². The molecule has 0 unspecified atom stereocenters. The zero-order valence-corrected chi connectivity index (χ0v) is 16.2. The number of fused-ring (bicyclic) bond motifs is 1. The van der Waals surface area contributed by atoms with Crippen molar-refractivity contribution in [1.82, 2.24) is 0 Å². The molecule has 29 heavy (non-hydrogen) atoms. The molecule has 0 bridgehead atoms. The molecule has 0 saturated carbocycles.